The molecule has 0 radical (unpaired) electrons. The first-order valence-electron chi connectivity index (χ1n) is 6.02. The van der Waals surface area contributed by atoms with E-state index < -0.39 is 5.54 Å². The van der Waals surface area contributed by atoms with E-state index in [1.807, 2.05) is 39.8 Å². The van der Waals surface area contributed by atoms with E-state index in [0.717, 1.165) is 5.56 Å². The summed E-state index contributed by atoms with van der Waals surface area (Å²) in [7, 11) is 3.20. The minimum absolute atomic E-state index is 0.0344. The van der Waals surface area contributed by atoms with Gasteiger partial charge in [0, 0.05) is 11.1 Å². The fourth-order valence-electron chi connectivity index (χ4n) is 1.76. The predicted molar refractivity (Wildman–Crippen MR) is 72.5 cm³/mol. The molecular formula is C14H23NO3. The first kappa shape index (κ1) is 14.6. The van der Waals surface area contributed by atoms with Gasteiger partial charge in [-0.15, -0.1) is 0 Å². The Morgan fingerprint density at radius 3 is 2.06 bits per heavy atom. The molecule has 0 unspecified atom stereocenters. The molecule has 0 fully saturated rings. The minimum Gasteiger partial charge on any atom is -0.493 e. The molecule has 1 aromatic rings. The lowest BCUT2D eigenvalue weighted by Gasteiger charge is -2.26. The topological polar surface area (TPSA) is 53.7 Å². The average Bonchev–Trinajstić information content (AvgIpc) is 2.25. The second-order valence-corrected chi connectivity index (χ2v) is 5.07. The van der Waals surface area contributed by atoms with Crippen LogP contribution in [0, 0.1) is 0 Å². The van der Waals surface area contributed by atoms with Gasteiger partial charge in [0.15, 0.2) is 11.5 Å². The van der Waals surface area contributed by atoms with Gasteiger partial charge < -0.3 is 19.9 Å². The number of hydrogen-bond acceptors (Lipinski definition) is 4. The highest BCUT2D eigenvalue weighted by Gasteiger charge is 2.25. The molecule has 0 bridgehead atoms. The molecule has 0 saturated heterocycles. The van der Waals surface area contributed by atoms with Gasteiger partial charge >= 0.3 is 0 Å². The molecule has 1 rings (SSSR count). The number of hydrogen-bond donors (Lipinski definition) is 1. The summed E-state index contributed by atoms with van der Waals surface area (Å²) in [6.45, 7) is 7.79. The highest BCUT2D eigenvalue weighted by atomic mass is 16.5. The van der Waals surface area contributed by atoms with Crippen LogP contribution < -0.4 is 19.9 Å². The van der Waals surface area contributed by atoms with Crippen molar-refractivity contribution in [3.63, 3.8) is 0 Å². The molecule has 4 nitrogen and oxygen atoms in total. The van der Waals surface area contributed by atoms with Crippen LogP contribution in [0.3, 0.4) is 0 Å². The molecule has 18 heavy (non-hydrogen) atoms. The van der Waals surface area contributed by atoms with Crippen LogP contribution >= 0.6 is 0 Å². The third kappa shape index (κ3) is 3.07. The fourth-order valence-corrected chi connectivity index (χ4v) is 1.76. The Balaban J connectivity index is 3.44. The van der Waals surface area contributed by atoms with Crippen LogP contribution in [0.15, 0.2) is 12.1 Å². The molecule has 0 aromatic heterocycles. The maximum absolute atomic E-state index is 6.17. The Morgan fingerprint density at radius 2 is 1.67 bits per heavy atom. The van der Waals surface area contributed by atoms with Crippen LogP contribution in [0.2, 0.25) is 0 Å². The normalized spacial score (nSPS) is 11.6. The molecule has 0 atom stereocenters. The van der Waals surface area contributed by atoms with Gasteiger partial charge in [-0.3, -0.25) is 0 Å². The Hall–Kier alpha value is -1.42. The summed E-state index contributed by atoms with van der Waals surface area (Å²) in [6.07, 6.45) is 0.0344. The number of benzene rings is 1. The number of nitrogens with two attached hydrogens (primary N) is 1. The van der Waals surface area contributed by atoms with E-state index >= 15 is 0 Å². The van der Waals surface area contributed by atoms with Crippen molar-refractivity contribution < 1.29 is 14.2 Å². The van der Waals surface area contributed by atoms with Crippen LogP contribution in [-0.4, -0.2) is 20.3 Å². The Morgan fingerprint density at radius 1 is 1.06 bits per heavy atom. The molecule has 0 aliphatic heterocycles. The van der Waals surface area contributed by atoms with Crippen molar-refractivity contribution >= 4 is 0 Å². The van der Waals surface area contributed by atoms with Crippen LogP contribution in [0.25, 0.3) is 0 Å². The fraction of sp³-hybridized carbons (Fsp3) is 0.571. The van der Waals surface area contributed by atoms with Crippen LogP contribution in [-0.2, 0) is 5.54 Å². The Bertz CT molecular complexity index is 408. The smallest absolute Gasteiger partial charge is 0.203 e. The molecule has 1 aromatic carbocycles. The molecule has 2 N–H and O–H groups in total. The summed E-state index contributed by atoms with van der Waals surface area (Å²) in [6, 6.07) is 3.76. The molecular weight excluding hydrogens is 230 g/mol. The second kappa shape index (κ2) is 5.48. The first-order chi connectivity index (χ1) is 8.31. The van der Waals surface area contributed by atoms with Crippen molar-refractivity contribution in [2.45, 2.75) is 39.3 Å². The van der Waals surface area contributed by atoms with Crippen molar-refractivity contribution in [1.29, 1.82) is 0 Å². The zero-order valence-corrected chi connectivity index (χ0v) is 12.0. The largest absolute Gasteiger partial charge is 0.493 e. The van der Waals surface area contributed by atoms with E-state index in [2.05, 4.69) is 0 Å². The van der Waals surface area contributed by atoms with Crippen molar-refractivity contribution in [2.75, 3.05) is 14.2 Å². The van der Waals surface area contributed by atoms with E-state index in [-0.39, 0.29) is 6.10 Å². The lowest BCUT2D eigenvalue weighted by atomic mass is 9.94. The van der Waals surface area contributed by atoms with Crippen LogP contribution in [0.5, 0.6) is 17.2 Å². The monoisotopic (exact) mass is 253 g/mol. The molecule has 0 spiro atoms. The predicted octanol–water partition coefficient (Wildman–Crippen LogP) is 2.68. The average molecular weight is 253 g/mol. The second-order valence-electron chi connectivity index (χ2n) is 5.07. The molecule has 0 amide bonds. The van der Waals surface area contributed by atoms with E-state index in [0.29, 0.717) is 17.2 Å². The van der Waals surface area contributed by atoms with E-state index in [1.165, 1.54) is 0 Å². The van der Waals surface area contributed by atoms with E-state index in [9.17, 15) is 0 Å². The SMILES string of the molecule is COc1ccc(C(C)(C)N)c(OC(C)C)c1OC. The van der Waals surface area contributed by atoms with Crippen molar-refractivity contribution in [3.05, 3.63) is 17.7 Å². The zero-order chi connectivity index (χ0) is 13.9. The van der Waals surface area contributed by atoms with Gasteiger partial charge in [-0.1, -0.05) is 0 Å². The van der Waals surface area contributed by atoms with Crippen LogP contribution in [0.4, 0.5) is 0 Å². The van der Waals surface area contributed by atoms with Gasteiger partial charge in [0.25, 0.3) is 0 Å². The summed E-state index contributed by atoms with van der Waals surface area (Å²) < 4.78 is 16.5. The van der Waals surface area contributed by atoms with Gasteiger partial charge in [-0.25, -0.2) is 0 Å². The van der Waals surface area contributed by atoms with Gasteiger partial charge in [0.1, 0.15) is 0 Å². The third-order valence-corrected chi connectivity index (χ3v) is 2.55. The van der Waals surface area contributed by atoms with Crippen molar-refractivity contribution in [2.24, 2.45) is 5.73 Å². The molecule has 0 heterocycles. The minimum atomic E-state index is -0.510. The summed E-state index contributed by atoms with van der Waals surface area (Å²) in [5.41, 5.74) is 6.56. The molecule has 0 aliphatic rings. The van der Waals surface area contributed by atoms with E-state index in [1.54, 1.807) is 14.2 Å². The van der Waals surface area contributed by atoms with Crippen molar-refractivity contribution in [1.82, 2.24) is 0 Å². The lowest BCUT2D eigenvalue weighted by molar-refractivity contribution is 0.220. The van der Waals surface area contributed by atoms with Gasteiger partial charge in [-0.2, -0.15) is 0 Å². The maximum atomic E-state index is 6.17. The molecule has 0 aliphatic carbocycles. The maximum Gasteiger partial charge on any atom is 0.203 e. The van der Waals surface area contributed by atoms with Gasteiger partial charge in [0.05, 0.1) is 20.3 Å². The number of ether oxygens (including phenoxy) is 3. The zero-order valence-electron chi connectivity index (χ0n) is 12.0. The quantitative estimate of drug-likeness (QED) is 0.876. The standard InChI is InChI=1S/C14H23NO3/c1-9(2)18-12-10(14(3,4)15)7-8-11(16-5)13(12)17-6/h7-9H,15H2,1-6H3. The van der Waals surface area contributed by atoms with Crippen LogP contribution in [0.1, 0.15) is 33.3 Å². The summed E-state index contributed by atoms with van der Waals surface area (Å²) in [5.74, 6) is 1.88. The lowest BCUT2D eigenvalue weighted by Crippen LogP contribution is -2.30. The summed E-state index contributed by atoms with van der Waals surface area (Å²) in [5, 5.41) is 0. The van der Waals surface area contributed by atoms with Crippen molar-refractivity contribution in [3.8, 4) is 17.2 Å². The van der Waals surface area contributed by atoms with Gasteiger partial charge in [-0.05, 0) is 39.8 Å². The highest BCUT2D eigenvalue weighted by Crippen LogP contribution is 2.43. The molecule has 102 valence electrons. The number of methoxy groups -OCH3 is 2. The molecule has 4 heteroatoms. The van der Waals surface area contributed by atoms with E-state index in [4.69, 9.17) is 19.9 Å². The number of rotatable bonds is 5. The Kier molecular flexibility index (Phi) is 4.46. The third-order valence-electron chi connectivity index (χ3n) is 2.55. The molecule has 0 saturated carbocycles. The summed E-state index contributed by atoms with van der Waals surface area (Å²) >= 11 is 0. The first-order valence-corrected chi connectivity index (χ1v) is 6.02. The summed E-state index contributed by atoms with van der Waals surface area (Å²) in [4.78, 5) is 0. The Labute approximate surface area is 109 Å². The van der Waals surface area contributed by atoms with Gasteiger partial charge in [0.2, 0.25) is 5.75 Å². The highest BCUT2D eigenvalue weighted by molar-refractivity contribution is 5.57.